The molecule has 1 aliphatic carbocycles. The van der Waals surface area contributed by atoms with E-state index in [4.69, 9.17) is 22.7 Å². The van der Waals surface area contributed by atoms with Gasteiger partial charge in [0.25, 0.3) is 0 Å². The Morgan fingerprint density at radius 1 is 1.47 bits per heavy atom. The first-order valence-electron chi connectivity index (χ1n) is 5.18. The molecule has 4 heteroatoms. The standard InChI is InChI=1S/C11H14N2OS/c12-11(15)10-7-9(5-6-13-10)14-8-3-1-2-4-8/h5-8H,1-4H2,(H2,12,15). The second-order valence-corrected chi connectivity index (χ2v) is 4.21. The highest BCUT2D eigenvalue weighted by atomic mass is 32.1. The predicted octanol–water partition coefficient (Wildman–Crippen LogP) is 2.04. The van der Waals surface area contributed by atoms with Gasteiger partial charge >= 0.3 is 0 Å². The van der Waals surface area contributed by atoms with Crippen molar-refractivity contribution < 1.29 is 4.74 Å². The average molecular weight is 222 g/mol. The van der Waals surface area contributed by atoms with Crippen LogP contribution in [0.3, 0.4) is 0 Å². The number of hydrogen-bond acceptors (Lipinski definition) is 3. The SMILES string of the molecule is NC(=S)c1cc(OC2CCCC2)ccn1. The number of nitrogens with two attached hydrogens (primary N) is 1. The molecule has 1 aromatic rings. The summed E-state index contributed by atoms with van der Waals surface area (Å²) >= 11 is 4.86. The summed E-state index contributed by atoms with van der Waals surface area (Å²) in [5.74, 6) is 0.819. The maximum absolute atomic E-state index is 5.81. The Hall–Kier alpha value is -1.16. The fraction of sp³-hybridized carbons (Fsp3) is 0.455. The molecule has 1 heterocycles. The molecule has 2 N–H and O–H groups in total. The zero-order chi connectivity index (χ0) is 10.7. The number of thiocarbonyl (C=S) groups is 1. The fourth-order valence-corrected chi connectivity index (χ4v) is 1.93. The van der Waals surface area contributed by atoms with Crippen molar-refractivity contribution in [2.24, 2.45) is 5.73 Å². The Balaban J connectivity index is 2.07. The molecule has 1 aliphatic rings. The molecule has 0 aromatic carbocycles. The number of ether oxygens (including phenoxy) is 1. The normalized spacial score (nSPS) is 16.5. The van der Waals surface area contributed by atoms with Gasteiger partial charge in [-0.05, 0) is 31.7 Å². The van der Waals surface area contributed by atoms with Gasteiger partial charge in [-0.25, -0.2) is 0 Å². The Bertz CT molecular complexity index is 361. The van der Waals surface area contributed by atoms with E-state index in [1.807, 2.05) is 6.07 Å². The maximum atomic E-state index is 5.81. The molecule has 0 unspecified atom stereocenters. The number of nitrogens with zero attached hydrogens (tertiary/aromatic N) is 1. The van der Waals surface area contributed by atoms with Crippen LogP contribution < -0.4 is 10.5 Å². The monoisotopic (exact) mass is 222 g/mol. The molecular formula is C11H14N2OS. The van der Waals surface area contributed by atoms with Gasteiger partial charge in [-0.1, -0.05) is 12.2 Å². The van der Waals surface area contributed by atoms with E-state index >= 15 is 0 Å². The first kappa shape index (κ1) is 10.4. The molecular weight excluding hydrogens is 208 g/mol. The predicted molar refractivity (Wildman–Crippen MR) is 63.0 cm³/mol. The van der Waals surface area contributed by atoms with E-state index in [-0.39, 0.29) is 0 Å². The lowest BCUT2D eigenvalue weighted by molar-refractivity contribution is 0.210. The van der Waals surface area contributed by atoms with Crippen LogP contribution in [0.1, 0.15) is 31.4 Å². The Labute approximate surface area is 94.6 Å². The highest BCUT2D eigenvalue weighted by molar-refractivity contribution is 7.80. The molecule has 3 nitrogen and oxygen atoms in total. The molecule has 15 heavy (non-hydrogen) atoms. The molecule has 0 atom stereocenters. The van der Waals surface area contributed by atoms with Gasteiger partial charge in [0.05, 0.1) is 6.10 Å². The van der Waals surface area contributed by atoms with Crippen LogP contribution in [0.2, 0.25) is 0 Å². The quantitative estimate of drug-likeness (QED) is 0.795. The highest BCUT2D eigenvalue weighted by Crippen LogP contribution is 2.23. The lowest BCUT2D eigenvalue weighted by atomic mass is 10.3. The van der Waals surface area contributed by atoms with Crippen molar-refractivity contribution in [3.8, 4) is 5.75 Å². The summed E-state index contributed by atoms with van der Waals surface area (Å²) in [6, 6.07) is 3.65. The largest absolute Gasteiger partial charge is 0.490 e. The van der Waals surface area contributed by atoms with Gasteiger partial charge in [0, 0.05) is 12.3 Å². The van der Waals surface area contributed by atoms with E-state index < -0.39 is 0 Å². The first-order chi connectivity index (χ1) is 7.25. The molecule has 1 fully saturated rings. The first-order valence-corrected chi connectivity index (χ1v) is 5.59. The third-order valence-corrected chi connectivity index (χ3v) is 2.80. The van der Waals surface area contributed by atoms with Crippen LogP contribution in [0.4, 0.5) is 0 Å². The van der Waals surface area contributed by atoms with Crippen molar-refractivity contribution >= 4 is 17.2 Å². The van der Waals surface area contributed by atoms with E-state index in [0.29, 0.717) is 16.8 Å². The number of pyridine rings is 1. The zero-order valence-corrected chi connectivity index (χ0v) is 9.30. The van der Waals surface area contributed by atoms with E-state index in [1.165, 1.54) is 12.8 Å². The second kappa shape index (κ2) is 4.57. The van der Waals surface area contributed by atoms with Crippen LogP contribution in [-0.4, -0.2) is 16.1 Å². The Morgan fingerprint density at radius 2 is 2.20 bits per heavy atom. The molecule has 0 aliphatic heterocycles. The van der Waals surface area contributed by atoms with Crippen molar-refractivity contribution in [1.82, 2.24) is 4.98 Å². The summed E-state index contributed by atoms with van der Waals surface area (Å²) in [6.45, 7) is 0. The van der Waals surface area contributed by atoms with Crippen molar-refractivity contribution in [1.29, 1.82) is 0 Å². The van der Waals surface area contributed by atoms with Crippen LogP contribution in [0.15, 0.2) is 18.3 Å². The molecule has 1 saturated carbocycles. The Kier molecular flexibility index (Phi) is 3.16. The van der Waals surface area contributed by atoms with E-state index in [0.717, 1.165) is 18.6 Å². The van der Waals surface area contributed by atoms with Gasteiger partial charge in [-0.3, -0.25) is 4.98 Å². The molecule has 80 valence electrons. The number of rotatable bonds is 3. The molecule has 0 bridgehead atoms. The van der Waals surface area contributed by atoms with Gasteiger partial charge in [-0.15, -0.1) is 0 Å². The van der Waals surface area contributed by atoms with Gasteiger partial charge in [0.2, 0.25) is 0 Å². The van der Waals surface area contributed by atoms with Crippen molar-refractivity contribution in [3.63, 3.8) is 0 Å². The second-order valence-electron chi connectivity index (χ2n) is 3.77. The summed E-state index contributed by atoms with van der Waals surface area (Å²) in [4.78, 5) is 4.38. The van der Waals surface area contributed by atoms with E-state index in [9.17, 15) is 0 Å². The van der Waals surface area contributed by atoms with Crippen LogP contribution in [-0.2, 0) is 0 Å². The molecule has 0 radical (unpaired) electrons. The van der Waals surface area contributed by atoms with Crippen molar-refractivity contribution in [2.45, 2.75) is 31.8 Å². The van der Waals surface area contributed by atoms with Crippen LogP contribution in [0, 0.1) is 0 Å². The lowest BCUT2D eigenvalue weighted by Crippen LogP contribution is -2.14. The molecule has 0 saturated heterocycles. The molecule has 1 aromatic heterocycles. The topological polar surface area (TPSA) is 48.1 Å². The van der Waals surface area contributed by atoms with Crippen LogP contribution in [0.25, 0.3) is 0 Å². The minimum absolute atomic E-state index is 0.312. The highest BCUT2D eigenvalue weighted by Gasteiger charge is 2.16. The molecule has 2 rings (SSSR count). The van der Waals surface area contributed by atoms with Crippen molar-refractivity contribution in [2.75, 3.05) is 0 Å². The number of hydrogen-bond donors (Lipinski definition) is 1. The van der Waals surface area contributed by atoms with E-state index in [1.54, 1.807) is 12.3 Å². The minimum Gasteiger partial charge on any atom is -0.490 e. The average Bonchev–Trinajstić information content (AvgIpc) is 2.71. The number of aromatic nitrogens is 1. The van der Waals surface area contributed by atoms with E-state index in [2.05, 4.69) is 4.98 Å². The molecule has 0 amide bonds. The van der Waals surface area contributed by atoms with Gasteiger partial charge < -0.3 is 10.5 Å². The minimum atomic E-state index is 0.312. The van der Waals surface area contributed by atoms with Crippen LogP contribution in [0.5, 0.6) is 5.75 Å². The summed E-state index contributed by atoms with van der Waals surface area (Å²) in [5.41, 5.74) is 6.13. The van der Waals surface area contributed by atoms with Gasteiger partial charge in [-0.2, -0.15) is 0 Å². The fourth-order valence-electron chi connectivity index (χ4n) is 1.82. The van der Waals surface area contributed by atoms with Gasteiger partial charge in [0.15, 0.2) is 0 Å². The Morgan fingerprint density at radius 3 is 2.87 bits per heavy atom. The summed E-state index contributed by atoms with van der Waals surface area (Å²) in [5, 5.41) is 0. The summed E-state index contributed by atoms with van der Waals surface area (Å²) in [7, 11) is 0. The zero-order valence-electron chi connectivity index (χ0n) is 8.48. The smallest absolute Gasteiger partial charge is 0.123 e. The summed E-state index contributed by atoms with van der Waals surface area (Å²) < 4.78 is 5.81. The lowest BCUT2D eigenvalue weighted by Gasteiger charge is -2.13. The molecule has 0 spiro atoms. The maximum Gasteiger partial charge on any atom is 0.123 e. The third-order valence-electron chi connectivity index (χ3n) is 2.59. The third kappa shape index (κ3) is 2.65. The summed E-state index contributed by atoms with van der Waals surface area (Å²) in [6.07, 6.45) is 6.84. The van der Waals surface area contributed by atoms with Crippen LogP contribution >= 0.6 is 12.2 Å². The van der Waals surface area contributed by atoms with Crippen molar-refractivity contribution in [3.05, 3.63) is 24.0 Å². The van der Waals surface area contributed by atoms with Gasteiger partial charge in [0.1, 0.15) is 16.4 Å².